The zero-order chi connectivity index (χ0) is 13.7. The molecule has 2 nitrogen and oxygen atoms in total. The van der Waals surface area contributed by atoms with E-state index >= 15 is 0 Å². The third-order valence-corrected chi connectivity index (χ3v) is 3.80. The van der Waals surface area contributed by atoms with Crippen molar-refractivity contribution in [2.24, 2.45) is 0 Å². The number of aliphatic hydroxyl groups excluding tert-OH is 1. The van der Waals surface area contributed by atoms with Gasteiger partial charge in [-0.1, -0.05) is 12.1 Å². The summed E-state index contributed by atoms with van der Waals surface area (Å²) >= 11 is 1.69. The van der Waals surface area contributed by atoms with E-state index in [-0.39, 0.29) is 5.82 Å². The van der Waals surface area contributed by atoms with E-state index in [1.54, 1.807) is 23.5 Å². The molecular formula is C15H18FNOS. The molecule has 102 valence electrons. The lowest BCUT2D eigenvalue weighted by atomic mass is 10.1. The Balaban J connectivity index is 1.79. The van der Waals surface area contributed by atoms with Gasteiger partial charge in [0.15, 0.2) is 0 Å². The van der Waals surface area contributed by atoms with E-state index in [1.165, 1.54) is 17.7 Å². The Hall–Kier alpha value is -1.23. The molecule has 0 saturated heterocycles. The normalized spacial score (nSPS) is 12.8. The zero-order valence-electron chi connectivity index (χ0n) is 10.9. The molecule has 0 amide bonds. The number of hydrogen-bond acceptors (Lipinski definition) is 3. The highest BCUT2D eigenvalue weighted by Gasteiger charge is 2.09. The van der Waals surface area contributed by atoms with Crippen LogP contribution in [0.15, 0.2) is 41.1 Å². The lowest BCUT2D eigenvalue weighted by Crippen LogP contribution is -2.20. The second-order valence-corrected chi connectivity index (χ2v) is 5.51. The van der Waals surface area contributed by atoms with Gasteiger partial charge in [0.1, 0.15) is 5.82 Å². The molecule has 0 fully saturated rings. The smallest absolute Gasteiger partial charge is 0.123 e. The minimum atomic E-state index is -0.537. The maximum absolute atomic E-state index is 12.8. The summed E-state index contributed by atoms with van der Waals surface area (Å²) in [5, 5.41) is 14.2. The van der Waals surface area contributed by atoms with Crippen LogP contribution < -0.4 is 0 Å². The van der Waals surface area contributed by atoms with Crippen LogP contribution in [0.25, 0.3) is 0 Å². The number of benzene rings is 1. The van der Waals surface area contributed by atoms with Crippen LogP contribution in [0.2, 0.25) is 0 Å². The molecule has 1 N–H and O–H groups in total. The molecule has 0 aliphatic carbocycles. The highest BCUT2D eigenvalue weighted by atomic mass is 32.1. The zero-order valence-corrected chi connectivity index (χ0v) is 11.7. The van der Waals surface area contributed by atoms with Crippen molar-refractivity contribution in [3.05, 3.63) is 58.0 Å². The number of halogens is 1. The van der Waals surface area contributed by atoms with Gasteiger partial charge in [-0.15, -0.1) is 0 Å². The summed E-state index contributed by atoms with van der Waals surface area (Å²) in [6.07, 6.45) is 0.109. The average molecular weight is 279 g/mol. The summed E-state index contributed by atoms with van der Waals surface area (Å²) in [7, 11) is 2.04. The largest absolute Gasteiger partial charge is 0.388 e. The molecule has 1 aromatic heterocycles. The molecule has 2 rings (SSSR count). The molecule has 1 aromatic carbocycles. The quantitative estimate of drug-likeness (QED) is 0.875. The first-order valence-electron chi connectivity index (χ1n) is 6.28. The van der Waals surface area contributed by atoms with Crippen LogP contribution in [0, 0.1) is 5.82 Å². The lowest BCUT2D eigenvalue weighted by Gasteiger charge is -2.18. The summed E-state index contributed by atoms with van der Waals surface area (Å²) in [6, 6.07) is 8.15. The van der Waals surface area contributed by atoms with Crippen LogP contribution in [0.4, 0.5) is 4.39 Å². The minimum absolute atomic E-state index is 0.273. The van der Waals surface area contributed by atoms with Crippen LogP contribution >= 0.6 is 11.3 Å². The molecule has 19 heavy (non-hydrogen) atoms. The predicted molar refractivity (Wildman–Crippen MR) is 76.6 cm³/mol. The van der Waals surface area contributed by atoms with E-state index in [4.69, 9.17) is 0 Å². The van der Waals surface area contributed by atoms with Gasteiger partial charge in [0.05, 0.1) is 6.10 Å². The fraction of sp³-hybridized carbons (Fsp3) is 0.333. The van der Waals surface area contributed by atoms with Crippen molar-refractivity contribution in [2.45, 2.75) is 19.1 Å². The standard InChI is InChI=1S/C15H18FNOS/c1-17(10-12-7-9-19-11-12)8-6-15(18)13-2-4-14(16)5-3-13/h2-5,7,9,11,15,18H,6,8,10H2,1H3. The summed E-state index contributed by atoms with van der Waals surface area (Å²) in [5.41, 5.74) is 2.06. The number of rotatable bonds is 6. The van der Waals surface area contributed by atoms with E-state index in [9.17, 15) is 9.50 Å². The van der Waals surface area contributed by atoms with Gasteiger partial charge >= 0.3 is 0 Å². The number of aliphatic hydroxyl groups is 1. The fourth-order valence-corrected chi connectivity index (χ4v) is 2.63. The van der Waals surface area contributed by atoms with Gasteiger partial charge in [0.2, 0.25) is 0 Å². The van der Waals surface area contributed by atoms with Gasteiger partial charge in [0, 0.05) is 13.1 Å². The Morgan fingerprint density at radius 3 is 2.63 bits per heavy atom. The van der Waals surface area contributed by atoms with Crippen molar-refractivity contribution in [3.63, 3.8) is 0 Å². The Bertz CT molecular complexity index is 483. The molecule has 0 aliphatic heterocycles. The second-order valence-electron chi connectivity index (χ2n) is 4.73. The Morgan fingerprint density at radius 1 is 1.26 bits per heavy atom. The average Bonchev–Trinajstić information content (AvgIpc) is 2.89. The summed E-state index contributed by atoms with van der Waals surface area (Å²) in [5.74, 6) is -0.273. The van der Waals surface area contributed by atoms with E-state index in [2.05, 4.69) is 21.7 Å². The maximum atomic E-state index is 12.8. The Labute approximate surface area is 117 Å². The van der Waals surface area contributed by atoms with E-state index in [0.29, 0.717) is 6.42 Å². The SMILES string of the molecule is CN(CCC(O)c1ccc(F)cc1)Cc1ccsc1. The van der Waals surface area contributed by atoms with Crippen LogP contribution in [0.1, 0.15) is 23.7 Å². The molecule has 0 radical (unpaired) electrons. The Kier molecular flexibility index (Phi) is 5.07. The molecule has 2 aromatic rings. The number of nitrogens with zero attached hydrogens (tertiary/aromatic N) is 1. The van der Waals surface area contributed by atoms with Crippen molar-refractivity contribution < 1.29 is 9.50 Å². The van der Waals surface area contributed by atoms with Crippen LogP contribution in [0.5, 0.6) is 0 Å². The first-order valence-corrected chi connectivity index (χ1v) is 7.22. The minimum Gasteiger partial charge on any atom is -0.388 e. The highest BCUT2D eigenvalue weighted by molar-refractivity contribution is 7.07. The van der Waals surface area contributed by atoms with Gasteiger partial charge in [-0.05, 0) is 53.6 Å². The third-order valence-electron chi connectivity index (χ3n) is 3.07. The van der Waals surface area contributed by atoms with Crippen LogP contribution in [-0.4, -0.2) is 23.6 Å². The lowest BCUT2D eigenvalue weighted by molar-refractivity contribution is 0.147. The highest BCUT2D eigenvalue weighted by Crippen LogP contribution is 2.18. The van der Waals surface area contributed by atoms with Crippen molar-refractivity contribution >= 4 is 11.3 Å². The molecule has 0 aliphatic rings. The molecule has 0 spiro atoms. The fourth-order valence-electron chi connectivity index (χ4n) is 1.97. The van der Waals surface area contributed by atoms with E-state index < -0.39 is 6.10 Å². The van der Waals surface area contributed by atoms with E-state index in [0.717, 1.165) is 18.7 Å². The van der Waals surface area contributed by atoms with Crippen molar-refractivity contribution in [2.75, 3.05) is 13.6 Å². The number of hydrogen-bond donors (Lipinski definition) is 1. The van der Waals surface area contributed by atoms with Gasteiger partial charge in [-0.25, -0.2) is 4.39 Å². The molecule has 0 saturated carbocycles. The second kappa shape index (κ2) is 6.80. The monoisotopic (exact) mass is 279 g/mol. The van der Waals surface area contributed by atoms with E-state index in [1.807, 2.05) is 7.05 Å². The van der Waals surface area contributed by atoms with Crippen molar-refractivity contribution in [1.82, 2.24) is 4.90 Å². The first-order chi connectivity index (χ1) is 9.15. The maximum Gasteiger partial charge on any atom is 0.123 e. The summed E-state index contributed by atoms with van der Waals surface area (Å²) in [4.78, 5) is 2.18. The first kappa shape index (κ1) is 14.2. The molecule has 0 bridgehead atoms. The Morgan fingerprint density at radius 2 is 2.00 bits per heavy atom. The molecular weight excluding hydrogens is 261 g/mol. The molecule has 1 unspecified atom stereocenters. The van der Waals surface area contributed by atoms with Gasteiger partial charge in [-0.2, -0.15) is 11.3 Å². The topological polar surface area (TPSA) is 23.5 Å². The predicted octanol–water partition coefficient (Wildman–Crippen LogP) is 3.44. The van der Waals surface area contributed by atoms with Gasteiger partial charge in [-0.3, -0.25) is 0 Å². The molecule has 4 heteroatoms. The van der Waals surface area contributed by atoms with Crippen molar-refractivity contribution in [1.29, 1.82) is 0 Å². The van der Waals surface area contributed by atoms with Crippen LogP contribution in [-0.2, 0) is 6.54 Å². The summed E-state index contributed by atoms with van der Waals surface area (Å²) in [6.45, 7) is 1.69. The van der Waals surface area contributed by atoms with Gasteiger partial charge in [0.25, 0.3) is 0 Å². The summed E-state index contributed by atoms with van der Waals surface area (Å²) < 4.78 is 12.8. The third kappa shape index (κ3) is 4.42. The molecule has 1 atom stereocenters. The van der Waals surface area contributed by atoms with Crippen LogP contribution in [0.3, 0.4) is 0 Å². The molecule has 1 heterocycles. The number of thiophene rings is 1. The van der Waals surface area contributed by atoms with Gasteiger partial charge < -0.3 is 10.0 Å². The van der Waals surface area contributed by atoms with Crippen molar-refractivity contribution in [3.8, 4) is 0 Å².